The highest BCUT2D eigenvalue weighted by Crippen LogP contribution is 2.32. The molecule has 4 heteroatoms. The summed E-state index contributed by atoms with van der Waals surface area (Å²) in [6.45, 7) is 4.65. The first-order valence-corrected chi connectivity index (χ1v) is 9.23. The molecule has 134 valence electrons. The lowest BCUT2D eigenvalue weighted by atomic mass is 10.0. The predicted molar refractivity (Wildman–Crippen MR) is 104 cm³/mol. The highest BCUT2D eigenvalue weighted by atomic mass is 16.3. The number of carbonyl (C=O) groups is 1. The number of fused-ring (bicyclic) bond motifs is 1. The van der Waals surface area contributed by atoms with E-state index in [2.05, 4.69) is 35.2 Å². The van der Waals surface area contributed by atoms with Crippen LogP contribution in [0.3, 0.4) is 0 Å². The van der Waals surface area contributed by atoms with E-state index in [1.165, 1.54) is 5.56 Å². The molecule has 0 unspecified atom stereocenters. The smallest absolute Gasteiger partial charge is 0.224 e. The zero-order valence-electron chi connectivity index (χ0n) is 15.1. The summed E-state index contributed by atoms with van der Waals surface area (Å²) in [5.74, 6) is 0.0974. The summed E-state index contributed by atoms with van der Waals surface area (Å²) in [5, 5.41) is 2.05. The molecule has 2 aromatic carbocycles. The van der Waals surface area contributed by atoms with Gasteiger partial charge in [-0.05, 0) is 24.5 Å². The van der Waals surface area contributed by atoms with Crippen LogP contribution in [0.2, 0.25) is 0 Å². The predicted octanol–water partition coefficient (Wildman–Crippen LogP) is 4.45. The molecule has 2 heterocycles. The number of carbonyl (C=O) groups excluding carboxylic acids is 1. The lowest BCUT2D eigenvalue weighted by molar-refractivity contribution is -0.117. The van der Waals surface area contributed by atoms with Crippen molar-refractivity contribution in [3.05, 3.63) is 66.6 Å². The van der Waals surface area contributed by atoms with Gasteiger partial charge in [0, 0.05) is 43.4 Å². The maximum atomic E-state index is 12.5. The van der Waals surface area contributed by atoms with Crippen molar-refractivity contribution in [3.63, 3.8) is 0 Å². The summed E-state index contributed by atoms with van der Waals surface area (Å²) in [7, 11) is 0. The fourth-order valence-electron chi connectivity index (χ4n) is 3.99. The van der Waals surface area contributed by atoms with E-state index in [1.54, 1.807) is 19.5 Å². The van der Waals surface area contributed by atoms with E-state index < -0.39 is 0 Å². The van der Waals surface area contributed by atoms with Crippen LogP contribution in [-0.4, -0.2) is 29.9 Å². The van der Waals surface area contributed by atoms with Crippen molar-refractivity contribution in [3.8, 4) is 0 Å². The molecule has 0 bridgehead atoms. The number of piperidine rings is 1. The van der Waals surface area contributed by atoms with Crippen molar-refractivity contribution in [1.29, 1.82) is 0 Å². The van der Waals surface area contributed by atoms with Gasteiger partial charge in [-0.1, -0.05) is 42.5 Å². The van der Waals surface area contributed by atoms with Gasteiger partial charge in [0.25, 0.3) is 0 Å². The molecule has 0 aliphatic carbocycles. The van der Waals surface area contributed by atoms with Crippen LogP contribution in [0, 0.1) is 0 Å². The summed E-state index contributed by atoms with van der Waals surface area (Å²) in [6, 6.07) is 16.8. The van der Waals surface area contributed by atoms with Crippen LogP contribution in [0.1, 0.15) is 25.3 Å². The molecular formula is C22H24N2O2. The SMILES string of the molecule is CC(=O)N(c1cccc2cocc12)C1CCN(Cc2ccccc2)CC1. The third-order valence-corrected chi connectivity index (χ3v) is 5.27. The first kappa shape index (κ1) is 16.9. The number of anilines is 1. The molecular weight excluding hydrogens is 324 g/mol. The van der Waals surface area contributed by atoms with E-state index in [0.717, 1.165) is 48.9 Å². The molecule has 1 saturated heterocycles. The second-order valence-electron chi connectivity index (χ2n) is 7.03. The Bertz CT molecular complexity index is 879. The molecule has 0 radical (unpaired) electrons. The molecule has 4 nitrogen and oxygen atoms in total. The number of hydrogen-bond donors (Lipinski definition) is 0. The molecule has 0 saturated carbocycles. The number of nitrogens with zero attached hydrogens (tertiary/aromatic N) is 2. The van der Waals surface area contributed by atoms with Crippen molar-refractivity contribution < 1.29 is 9.21 Å². The van der Waals surface area contributed by atoms with Crippen molar-refractivity contribution in [1.82, 2.24) is 4.90 Å². The summed E-state index contributed by atoms with van der Waals surface area (Å²) in [5.41, 5.74) is 2.31. The monoisotopic (exact) mass is 348 g/mol. The summed E-state index contributed by atoms with van der Waals surface area (Å²) in [6.07, 6.45) is 5.45. The number of amides is 1. The van der Waals surface area contributed by atoms with Gasteiger partial charge in [-0.3, -0.25) is 9.69 Å². The Morgan fingerprint density at radius 2 is 1.85 bits per heavy atom. The molecule has 1 fully saturated rings. The highest BCUT2D eigenvalue weighted by Gasteiger charge is 2.28. The van der Waals surface area contributed by atoms with Crippen molar-refractivity contribution in [2.24, 2.45) is 0 Å². The van der Waals surface area contributed by atoms with Gasteiger partial charge in [0.05, 0.1) is 12.0 Å². The fraction of sp³-hybridized carbons (Fsp3) is 0.318. The standard InChI is InChI=1S/C22H24N2O2/c1-17(25)24(22-9-5-8-19-15-26-16-21(19)22)20-10-12-23(13-11-20)14-18-6-3-2-4-7-18/h2-9,15-16,20H,10-14H2,1H3. The number of rotatable bonds is 4. The molecule has 0 N–H and O–H groups in total. The molecule has 1 aliphatic heterocycles. The Hall–Kier alpha value is -2.59. The third kappa shape index (κ3) is 3.37. The Labute approximate surface area is 154 Å². The summed E-state index contributed by atoms with van der Waals surface area (Å²) in [4.78, 5) is 16.9. The van der Waals surface area contributed by atoms with E-state index in [0.29, 0.717) is 0 Å². The van der Waals surface area contributed by atoms with Crippen molar-refractivity contribution in [2.45, 2.75) is 32.4 Å². The Morgan fingerprint density at radius 1 is 1.08 bits per heavy atom. The van der Waals surface area contributed by atoms with Crippen LogP contribution in [0.5, 0.6) is 0 Å². The molecule has 1 aliphatic rings. The van der Waals surface area contributed by atoms with Crippen LogP contribution < -0.4 is 4.90 Å². The van der Waals surface area contributed by atoms with E-state index in [4.69, 9.17) is 4.42 Å². The Balaban J connectivity index is 1.49. The normalized spacial score (nSPS) is 16.0. The molecule has 26 heavy (non-hydrogen) atoms. The summed E-state index contributed by atoms with van der Waals surface area (Å²) >= 11 is 0. The van der Waals surface area contributed by atoms with E-state index in [-0.39, 0.29) is 11.9 Å². The topological polar surface area (TPSA) is 36.7 Å². The van der Waals surface area contributed by atoms with Gasteiger partial charge in [0.2, 0.25) is 5.91 Å². The Kier molecular flexibility index (Phi) is 4.76. The van der Waals surface area contributed by atoms with Crippen LogP contribution in [0.4, 0.5) is 5.69 Å². The minimum absolute atomic E-state index is 0.0974. The second-order valence-corrected chi connectivity index (χ2v) is 7.03. The minimum Gasteiger partial charge on any atom is -0.471 e. The van der Waals surface area contributed by atoms with Crippen LogP contribution in [0.15, 0.2) is 65.5 Å². The molecule has 4 rings (SSSR count). The van der Waals surface area contributed by atoms with Gasteiger partial charge in [0.1, 0.15) is 6.26 Å². The quantitative estimate of drug-likeness (QED) is 0.699. The molecule has 0 spiro atoms. The average molecular weight is 348 g/mol. The van der Waals surface area contributed by atoms with Crippen LogP contribution in [0.25, 0.3) is 10.8 Å². The van der Waals surface area contributed by atoms with E-state index in [1.807, 2.05) is 23.1 Å². The van der Waals surface area contributed by atoms with Gasteiger partial charge >= 0.3 is 0 Å². The first-order valence-electron chi connectivity index (χ1n) is 9.23. The summed E-state index contributed by atoms with van der Waals surface area (Å²) < 4.78 is 5.36. The average Bonchev–Trinajstić information content (AvgIpc) is 3.14. The molecule has 1 amide bonds. The van der Waals surface area contributed by atoms with Crippen molar-refractivity contribution in [2.75, 3.05) is 18.0 Å². The number of benzene rings is 2. The van der Waals surface area contributed by atoms with E-state index in [9.17, 15) is 4.79 Å². The zero-order valence-corrected chi connectivity index (χ0v) is 15.1. The van der Waals surface area contributed by atoms with Gasteiger partial charge < -0.3 is 9.32 Å². The number of likely N-dealkylation sites (tertiary alicyclic amines) is 1. The van der Waals surface area contributed by atoms with E-state index >= 15 is 0 Å². The minimum atomic E-state index is 0.0974. The number of hydrogen-bond acceptors (Lipinski definition) is 3. The zero-order chi connectivity index (χ0) is 17.9. The maximum Gasteiger partial charge on any atom is 0.224 e. The second kappa shape index (κ2) is 7.34. The largest absolute Gasteiger partial charge is 0.471 e. The lowest BCUT2D eigenvalue weighted by Crippen LogP contribution is -2.46. The molecule has 0 atom stereocenters. The van der Waals surface area contributed by atoms with Gasteiger partial charge in [-0.2, -0.15) is 0 Å². The Morgan fingerprint density at radius 3 is 2.58 bits per heavy atom. The van der Waals surface area contributed by atoms with Crippen LogP contribution in [-0.2, 0) is 11.3 Å². The van der Waals surface area contributed by atoms with Crippen molar-refractivity contribution >= 4 is 22.4 Å². The molecule has 1 aromatic heterocycles. The highest BCUT2D eigenvalue weighted by molar-refractivity contribution is 6.02. The third-order valence-electron chi connectivity index (χ3n) is 5.27. The van der Waals surface area contributed by atoms with Gasteiger partial charge in [-0.15, -0.1) is 0 Å². The van der Waals surface area contributed by atoms with Crippen LogP contribution >= 0.6 is 0 Å². The first-order chi connectivity index (χ1) is 12.7. The van der Waals surface area contributed by atoms with Gasteiger partial charge in [0.15, 0.2) is 0 Å². The number of furan rings is 1. The molecule has 3 aromatic rings. The fourth-order valence-corrected chi connectivity index (χ4v) is 3.99. The maximum absolute atomic E-state index is 12.5. The van der Waals surface area contributed by atoms with Gasteiger partial charge in [-0.25, -0.2) is 0 Å². The lowest BCUT2D eigenvalue weighted by Gasteiger charge is -2.38.